The van der Waals surface area contributed by atoms with E-state index in [1.54, 1.807) is 39.2 Å². The number of hydrogen-bond acceptors (Lipinski definition) is 6. The summed E-state index contributed by atoms with van der Waals surface area (Å²) in [5.41, 5.74) is 0.721. The van der Waals surface area contributed by atoms with E-state index in [0.29, 0.717) is 39.0 Å². The molecule has 4 aromatic heterocycles. The molecule has 0 saturated carbocycles. The Kier molecular flexibility index (Phi) is 7.63. The Labute approximate surface area is 243 Å². The van der Waals surface area contributed by atoms with Gasteiger partial charge in [-0.3, -0.25) is 9.59 Å². The number of nitrogens with one attached hydrogen (secondary N) is 1. The molecule has 0 spiro atoms. The maximum absolute atomic E-state index is 14.7. The highest BCUT2D eigenvalue weighted by molar-refractivity contribution is 5.67. The highest BCUT2D eigenvalue weighted by Crippen LogP contribution is 2.34. The first-order valence-electron chi connectivity index (χ1n) is 13.4. The quantitative estimate of drug-likeness (QED) is 0.353. The fourth-order valence-electron chi connectivity index (χ4n) is 5.13. The Morgan fingerprint density at radius 1 is 1.02 bits per heavy atom. The fraction of sp³-hybridized carbons (Fsp3) is 0.258. The smallest absolute Gasteiger partial charge is 0.377 e. The minimum Gasteiger partial charge on any atom is -0.377 e. The number of alkyl halides is 3. The van der Waals surface area contributed by atoms with E-state index >= 15 is 0 Å². The predicted octanol–water partition coefficient (Wildman–Crippen LogP) is 3.93. The largest absolute Gasteiger partial charge is 0.435 e. The van der Waals surface area contributed by atoms with Crippen LogP contribution in [0.2, 0.25) is 0 Å². The summed E-state index contributed by atoms with van der Waals surface area (Å²) in [5.74, 6) is -0.297. The van der Waals surface area contributed by atoms with Crippen LogP contribution in [0.4, 0.5) is 23.2 Å². The molecule has 0 fully saturated rings. The second kappa shape index (κ2) is 11.1. The molecule has 1 aliphatic rings. The molecule has 222 valence electrons. The van der Waals surface area contributed by atoms with E-state index in [1.807, 2.05) is 0 Å². The van der Waals surface area contributed by atoms with Gasteiger partial charge in [0.2, 0.25) is 0 Å². The highest BCUT2D eigenvalue weighted by atomic mass is 19.4. The number of anilines is 1. The van der Waals surface area contributed by atoms with Crippen LogP contribution in [0.1, 0.15) is 30.3 Å². The molecular formula is C31H28F4N6O2. The van der Waals surface area contributed by atoms with E-state index in [-0.39, 0.29) is 28.6 Å². The van der Waals surface area contributed by atoms with Crippen molar-refractivity contribution < 1.29 is 17.6 Å². The zero-order chi connectivity index (χ0) is 31.2. The van der Waals surface area contributed by atoms with Crippen LogP contribution in [0.15, 0.2) is 64.3 Å². The lowest BCUT2D eigenvalue weighted by Crippen LogP contribution is -2.46. The fourth-order valence-corrected chi connectivity index (χ4v) is 5.13. The van der Waals surface area contributed by atoms with Crippen LogP contribution >= 0.6 is 0 Å². The number of allylic oxidation sites excluding steroid dienone is 2. The third-order valence-electron chi connectivity index (χ3n) is 7.51. The van der Waals surface area contributed by atoms with Gasteiger partial charge in [0.05, 0.1) is 16.6 Å². The molecule has 1 aliphatic carbocycles. The first-order valence-corrected chi connectivity index (χ1v) is 13.4. The van der Waals surface area contributed by atoms with E-state index < -0.39 is 29.3 Å². The van der Waals surface area contributed by atoms with Crippen molar-refractivity contribution in [3.63, 3.8) is 0 Å². The van der Waals surface area contributed by atoms with Gasteiger partial charge >= 0.3 is 6.18 Å². The number of nitrogens with zero attached hydrogens (tertiary/aromatic N) is 5. The van der Waals surface area contributed by atoms with Crippen molar-refractivity contribution in [1.82, 2.24) is 24.1 Å². The molecule has 0 radical (unpaired) electrons. The Morgan fingerprint density at radius 3 is 2.40 bits per heavy atom. The molecule has 4 aromatic rings. The lowest BCUT2D eigenvalue weighted by Gasteiger charge is -2.21. The highest BCUT2D eigenvalue weighted by Gasteiger charge is 2.36. The number of aryl methyl sites for hydroxylation is 2. The summed E-state index contributed by atoms with van der Waals surface area (Å²) < 4.78 is 58.8. The molecule has 43 heavy (non-hydrogen) atoms. The topological polar surface area (TPSA) is 94.7 Å². The van der Waals surface area contributed by atoms with Crippen molar-refractivity contribution in [2.75, 3.05) is 5.32 Å². The van der Waals surface area contributed by atoms with Gasteiger partial charge < -0.3 is 14.5 Å². The number of aromatic nitrogens is 5. The van der Waals surface area contributed by atoms with Gasteiger partial charge in [0, 0.05) is 61.1 Å². The van der Waals surface area contributed by atoms with E-state index in [1.165, 1.54) is 53.7 Å². The second-order valence-electron chi connectivity index (χ2n) is 10.5. The molecule has 4 heterocycles. The van der Waals surface area contributed by atoms with E-state index in [4.69, 9.17) is 0 Å². The summed E-state index contributed by atoms with van der Waals surface area (Å²) in [6, 6.07) is 5.47. The van der Waals surface area contributed by atoms with Crippen molar-refractivity contribution in [3.05, 3.63) is 103 Å². The number of hydrogen-bond donors (Lipinski definition) is 1. The van der Waals surface area contributed by atoms with E-state index in [0.717, 1.165) is 6.08 Å². The monoisotopic (exact) mass is 592 g/mol. The van der Waals surface area contributed by atoms with Crippen molar-refractivity contribution in [3.8, 4) is 22.6 Å². The predicted molar refractivity (Wildman–Crippen MR) is 156 cm³/mol. The minimum absolute atomic E-state index is 0.0500. The molecule has 5 rings (SSSR count). The molecule has 12 heteroatoms. The van der Waals surface area contributed by atoms with E-state index in [2.05, 4.69) is 20.3 Å². The molecule has 8 nitrogen and oxygen atoms in total. The Balaban J connectivity index is 1.64. The van der Waals surface area contributed by atoms with Crippen molar-refractivity contribution in [2.24, 2.45) is 14.1 Å². The molecule has 0 unspecified atom stereocenters. The molecule has 0 bridgehead atoms. The lowest BCUT2D eigenvalue weighted by atomic mass is 10.00. The molecular weight excluding hydrogens is 564 g/mol. The number of fused-ring (bicyclic) bond motifs is 1. The second-order valence-corrected chi connectivity index (χ2v) is 10.5. The normalized spacial score (nSPS) is 14.0. The standard InChI is InChI=1S/C31H28F4N6O2/c1-16-6-9-25(27(38-16)31(33,34)35)39-18(3)22-8-7-20(32)12-24-23(22)13-26(41(5)30(24)43)19-14-36-28(37-15-19)21-10-11-40(4)29(42)17(21)2/h6-7,9-15,18,39H,8H2,1-5H3/t18-/m1/s1. The van der Waals surface area contributed by atoms with Gasteiger partial charge in [-0.25, -0.2) is 19.3 Å². The number of halogens is 4. The van der Waals surface area contributed by atoms with Crippen molar-refractivity contribution in [2.45, 2.75) is 39.4 Å². The van der Waals surface area contributed by atoms with Crippen molar-refractivity contribution in [1.29, 1.82) is 0 Å². The summed E-state index contributed by atoms with van der Waals surface area (Å²) in [6.07, 6.45) is 2.44. The molecule has 0 aliphatic heterocycles. The summed E-state index contributed by atoms with van der Waals surface area (Å²) in [4.78, 5) is 38.4. The third kappa shape index (κ3) is 5.64. The summed E-state index contributed by atoms with van der Waals surface area (Å²) in [5, 5.41) is 3.35. The average molecular weight is 593 g/mol. The van der Waals surface area contributed by atoms with Gasteiger partial charge in [-0.05, 0) is 74.4 Å². The summed E-state index contributed by atoms with van der Waals surface area (Å²) in [7, 11) is 3.18. The Bertz CT molecular complexity index is 2030. The third-order valence-corrected chi connectivity index (χ3v) is 7.51. The van der Waals surface area contributed by atoms with Gasteiger partial charge in [0.25, 0.3) is 11.1 Å². The zero-order valence-electron chi connectivity index (χ0n) is 24.0. The maximum Gasteiger partial charge on any atom is 0.435 e. The van der Waals surface area contributed by atoms with Gasteiger partial charge in [0.1, 0.15) is 5.83 Å². The molecule has 1 N–H and O–H groups in total. The van der Waals surface area contributed by atoms with Crippen LogP contribution in [-0.4, -0.2) is 30.1 Å². The molecule has 0 saturated heterocycles. The Hall–Kier alpha value is -4.87. The first-order chi connectivity index (χ1) is 20.3. The van der Waals surface area contributed by atoms with Crippen LogP contribution in [0.5, 0.6) is 0 Å². The number of pyridine rings is 3. The van der Waals surface area contributed by atoms with Crippen LogP contribution in [0, 0.1) is 13.8 Å². The Morgan fingerprint density at radius 2 is 1.72 bits per heavy atom. The van der Waals surface area contributed by atoms with Crippen LogP contribution in [0.3, 0.4) is 0 Å². The zero-order valence-corrected chi connectivity index (χ0v) is 24.0. The van der Waals surface area contributed by atoms with Crippen LogP contribution < -0.4 is 26.9 Å². The molecule has 0 amide bonds. The first kappa shape index (κ1) is 29.6. The molecule has 0 aromatic carbocycles. The molecule has 1 atom stereocenters. The number of rotatable bonds is 5. The van der Waals surface area contributed by atoms with Crippen LogP contribution in [0.25, 0.3) is 34.3 Å². The van der Waals surface area contributed by atoms with Crippen molar-refractivity contribution >= 4 is 17.3 Å². The van der Waals surface area contributed by atoms with Gasteiger partial charge in [-0.1, -0.05) is 0 Å². The lowest BCUT2D eigenvalue weighted by molar-refractivity contribution is -0.140. The summed E-state index contributed by atoms with van der Waals surface area (Å²) in [6.45, 7) is 4.81. The van der Waals surface area contributed by atoms with E-state index in [9.17, 15) is 27.2 Å². The summed E-state index contributed by atoms with van der Waals surface area (Å²) >= 11 is 0. The van der Waals surface area contributed by atoms with Gasteiger partial charge in [-0.2, -0.15) is 13.2 Å². The van der Waals surface area contributed by atoms with Crippen LogP contribution in [-0.2, 0) is 20.3 Å². The average Bonchev–Trinajstić information content (AvgIpc) is 3.13. The maximum atomic E-state index is 14.7. The SMILES string of the molecule is Cc1ccc(N[C@H](C)C2=c3cc(-c4cnc(-c5ccn(C)c(=O)c5C)nc4)n(C)c(=O)c3=CC(F)=CC2)c(C(F)(F)F)n1. The minimum atomic E-state index is -4.69. The van der Waals surface area contributed by atoms with Gasteiger partial charge in [0.15, 0.2) is 11.5 Å². The van der Waals surface area contributed by atoms with Gasteiger partial charge in [-0.15, -0.1) is 0 Å².